The summed E-state index contributed by atoms with van der Waals surface area (Å²) in [5.41, 5.74) is 5.50. The molecule has 182 valence electrons. The van der Waals surface area contributed by atoms with Crippen molar-refractivity contribution in [1.82, 2.24) is 15.2 Å². The lowest BCUT2D eigenvalue weighted by molar-refractivity contribution is 0.0592. The van der Waals surface area contributed by atoms with Crippen LogP contribution in [0.5, 0.6) is 0 Å². The molecule has 0 spiro atoms. The van der Waals surface area contributed by atoms with Crippen molar-refractivity contribution in [2.24, 2.45) is 0 Å². The average molecular weight is 475 g/mol. The van der Waals surface area contributed by atoms with Crippen molar-refractivity contribution in [2.75, 3.05) is 39.1 Å². The highest BCUT2D eigenvalue weighted by atomic mass is 16.5. The summed E-state index contributed by atoms with van der Waals surface area (Å²) in [6, 6.07) is 5.69. The van der Waals surface area contributed by atoms with E-state index in [1.54, 1.807) is 0 Å². The van der Waals surface area contributed by atoms with Crippen LogP contribution < -0.4 is 16.4 Å². The zero-order valence-electron chi connectivity index (χ0n) is 18.2. The van der Waals surface area contributed by atoms with Crippen molar-refractivity contribution in [1.29, 1.82) is 5.26 Å². The van der Waals surface area contributed by atoms with Crippen molar-refractivity contribution in [3.8, 4) is 11.8 Å². The first kappa shape index (κ1) is 26.3. The molecule has 0 aliphatic rings. The highest BCUT2D eigenvalue weighted by Crippen LogP contribution is 2.26. The van der Waals surface area contributed by atoms with Gasteiger partial charge in [-0.2, -0.15) is 5.26 Å². The molecule has 2 aromatic rings. The number of nitriles is 1. The van der Waals surface area contributed by atoms with Gasteiger partial charge in [0, 0.05) is 36.1 Å². The lowest BCUT2D eigenvalue weighted by Crippen LogP contribution is -2.35. The molecule has 0 aliphatic carbocycles. The number of ether oxygens (including phenoxy) is 1. The lowest BCUT2D eigenvalue weighted by atomic mass is 10.1. The minimum atomic E-state index is -1.21. The molecule has 13 nitrogen and oxygen atoms in total. The molecule has 34 heavy (non-hydrogen) atoms. The Kier molecular flexibility index (Phi) is 9.10. The Morgan fingerprint density at radius 3 is 1.97 bits per heavy atom. The summed E-state index contributed by atoms with van der Waals surface area (Å²) in [5, 5.41) is 51.0. The van der Waals surface area contributed by atoms with Gasteiger partial charge in [0.2, 0.25) is 0 Å². The van der Waals surface area contributed by atoms with E-state index >= 15 is 0 Å². The van der Waals surface area contributed by atoms with E-state index in [-0.39, 0.29) is 46.8 Å². The van der Waals surface area contributed by atoms with Gasteiger partial charge < -0.3 is 46.1 Å². The van der Waals surface area contributed by atoms with Crippen LogP contribution in [-0.2, 0) is 4.74 Å². The van der Waals surface area contributed by atoms with E-state index in [9.17, 15) is 29.9 Å². The standard InChI is InChI=1S/C21H25N5O8/c1-34-21(33)18-17(23)13(5-22)8-26(18)14-3-11(19(31)24-6-15(29)9-27)2-12(4-14)20(32)25-7-16(30)10-28/h2-4,8,15-16,27-30H,6-7,9-10,23H2,1H3,(H,24,31)(H,25,32). The minimum absolute atomic E-state index is 0.0432. The predicted molar refractivity (Wildman–Crippen MR) is 117 cm³/mol. The van der Waals surface area contributed by atoms with Crippen molar-refractivity contribution in [3.05, 3.63) is 46.8 Å². The number of aromatic nitrogens is 1. The molecule has 0 bridgehead atoms. The zero-order valence-corrected chi connectivity index (χ0v) is 18.2. The fourth-order valence-corrected chi connectivity index (χ4v) is 2.88. The van der Waals surface area contributed by atoms with Crippen LogP contribution in [0, 0.1) is 11.3 Å². The number of methoxy groups -OCH3 is 1. The fraction of sp³-hybridized carbons (Fsp3) is 0.333. The Hall–Kier alpha value is -3.96. The van der Waals surface area contributed by atoms with Gasteiger partial charge in [-0.15, -0.1) is 0 Å². The second kappa shape index (κ2) is 11.8. The number of hydrogen-bond donors (Lipinski definition) is 7. The van der Waals surface area contributed by atoms with Gasteiger partial charge in [-0.1, -0.05) is 0 Å². The Bertz CT molecular complexity index is 1060. The van der Waals surface area contributed by atoms with Crippen LogP contribution in [0.4, 0.5) is 5.69 Å². The number of anilines is 1. The molecule has 0 saturated heterocycles. The summed E-state index contributed by atoms with van der Waals surface area (Å²) in [5.74, 6) is -2.28. The lowest BCUT2D eigenvalue weighted by Gasteiger charge is -2.15. The third-order valence-corrected chi connectivity index (χ3v) is 4.68. The van der Waals surface area contributed by atoms with E-state index in [1.807, 2.05) is 6.07 Å². The van der Waals surface area contributed by atoms with Crippen molar-refractivity contribution in [2.45, 2.75) is 12.2 Å². The van der Waals surface area contributed by atoms with Crippen LogP contribution in [0.2, 0.25) is 0 Å². The van der Waals surface area contributed by atoms with E-state index < -0.39 is 43.2 Å². The van der Waals surface area contributed by atoms with Crippen LogP contribution >= 0.6 is 0 Å². The van der Waals surface area contributed by atoms with Crippen LogP contribution in [0.25, 0.3) is 5.69 Å². The second-order valence-corrected chi connectivity index (χ2v) is 7.14. The number of nitrogens with one attached hydrogen (secondary N) is 2. The molecule has 2 amide bonds. The minimum Gasteiger partial charge on any atom is -0.464 e. The number of aliphatic hydroxyl groups is 4. The number of amides is 2. The molecule has 1 aromatic heterocycles. The van der Waals surface area contributed by atoms with Gasteiger partial charge in [0.15, 0.2) is 5.69 Å². The van der Waals surface area contributed by atoms with E-state index in [0.717, 1.165) is 7.11 Å². The molecule has 0 aliphatic heterocycles. The molecular formula is C21H25N5O8. The first-order chi connectivity index (χ1) is 16.2. The first-order valence-corrected chi connectivity index (χ1v) is 9.95. The summed E-state index contributed by atoms with van der Waals surface area (Å²) in [4.78, 5) is 37.6. The number of carbonyl (C=O) groups is 3. The topological polar surface area (TPSA) is 220 Å². The van der Waals surface area contributed by atoms with E-state index in [0.29, 0.717) is 0 Å². The Morgan fingerprint density at radius 1 is 1.06 bits per heavy atom. The van der Waals surface area contributed by atoms with Gasteiger partial charge in [0.05, 0.1) is 43.8 Å². The number of hydrogen-bond acceptors (Lipinski definition) is 10. The number of benzene rings is 1. The van der Waals surface area contributed by atoms with E-state index in [2.05, 4.69) is 10.6 Å². The molecule has 13 heteroatoms. The number of nitrogens with zero attached hydrogens (tertiary/aromatic N) is 2. The fourth-order valence-electron chi connectivity index (χ4n) is 2.88. The summed E-state index contributed by atoms with van der Waals surface area (Å²) in [6.07, 6.45) is -1.17. The predicted octanol–water partition coefficient (Wildman–Crippen LogP) is -2.12. The van der Waals surface area contributed by atoms with E-state index in [4.69, 9.17) is 20.7 Å². The summed E-state index contributed by atoms with van der Waals surface area (Å²) in [7, 11) is 1.12. The van der Waals surface area contributed by atoms with Gasteiger partial charge in [0.25, 0.3) is 11.8 Å². The third kappa shape index (κ3) is 6.09. The molecule has 0 saturated carbocycles. The molecule has 1 heterocycles. The van der Waals surface area contributed by atoms with Gasteiger partial charge in [-0.3, -0.25) is 9.59 Å². The number of carbonyl (C=O) groups excluding carboxylic acids is 3. The van der Waals surface area contributed by atoms with Gasteiger partial charge in [-0.25, -0.2) is 4.79 Å². The van der Waals surface area contributed by atoms with Crippen molar-refractivity contribution < 1.29 is 39.5 Å². The van der Waals surface area contributed by atoms with Crippen LogP contribution in [0.1, 0.15) is 36.8 Å². The van der Waals surface area contributed by atoms with Gasteiger partial charge in [0.1, 0.15) is 6.07 Å². The smallest absolute Gasteiger partial charge is 0.357 e. The first-order valence-electron chi connectivity index (χ1n) is 9.95. The van der Waals surface area contributed by atoms with Crippen molar-refractivity contribution in [3.63, 3.8) is 0 Å². The maximum absolute atomic E-state index is 12.7. The number of aliphatic hydroxyl groups excluding tert-OH is 4. The molecule has 8 N–H and O–H groups in total. The van der Waals surface area contributed by atoms with Gasteiger partial charge >= 0.3 is 5.97 Å². The number of nitrogens with two attached hydrogens (primary N) is 1. The SMILES string of the molecule is COC(=O)c1c(N)c(C#N)cn1-c1cc(C(=O)NCC(O)CO)cc(C(=O)NCC(O)CO)c1. The van der Waals surface area contributed by atoms with Crippen LogP contribution in [0.3, 0.4) is 0 Å². The van der Waals surface area contributed by atoms with Crippen LogP contribution in [-0.4, -0.2) is 88.4 Å². The summed E-state index contributed by atoms with van der Waals surface area (Å²) >= 11 is 0. The highest BCUT2D eigenvalue weighted by Gasteiger charge is 2.23. The second-order valence-electron chi connectivity index (χ2n) is 7.14. The normalized spacial score (nSPS) is 12.4. The maximum atomic E-state index is 12.7. The Morgan fingerprint density at radius 2 is 1.56 bits per heavy atom. The molecular weight excluding hydrogens is 450 g/mol. The van der Waals surface area contributed by atoms with Gasteiger partial charge in [-0.05, 0) is 18.2 Å². The van der Waals surface area contributed by atoms with E-state index in [1.165, 1.54) is 29.0 Å². The maximum Gasteiger partial charge on any atom is 0.357 e. The van der Waals surface area contributed by atoms with Crippen LogP contribution in [0.15, 0.2) is 24.4 Å². The quantitative estimate of drug-likeness (QED) is 0.185. The number of esters is 1. The average Bonchev–Trinajstić information content (AvgIpc) is 3.20. The zero-order chi connectivity index (χ0) is 25.4. The number of nitrogen functional groups attached to an aromatic ring is 1. The molecule has 2 rings (SSSR count). The molecule has 0 radical (unpaired) electrons. The molecule has 2 unspecified atom stereocenters. The largest absolute Gasteiger partial charge is 0.464 e. The Balaban J connectivity index is 2.59. The third-order valence-electron chi connectivity index (χ3n) is 4.68. The number of rotatable bonds is 10. The molecule has 0 fully saturated rings. The monoisotopic (exact) mass is 475 g/mol. The molecule has 1 aromatic carbocycles. The summed E-state index contributed by atoms with van der Waals surface area (Å²) < 4.78 is 5.93. The molecule has 2 atom stereocenters. The Labute approximate surface area is 194 Å². The van der Waals surface area contributed by atoms with Crippen molar-refractivity contribution >= 4 is 23.5 Å². The highest BCUT2D eigenvalue weighted by molar-refractivity contribution is 6.01. The summed E-state index contributed by atoms with van der Waals surface area (Å²) in [6.45, 7) is -1.70.